The highest BCUT2D eigenvalue weighted by Gasteiger charge is 2.23. The van der Waals surface area contributed by atoms with Crippen molar-refractivity contribution in [2.75, 3.05) is 23.8 Å². The zero-order valence-electron chi connectivity index (χ0n) is 11.1. The molecule has 2 aromatic rings. The van der Waals surface area contributed by atoms with Crippen LogP contribution in [0.1, 0.15) is 6.42 Å². The average Bonchev–Trinajstić information content (AvgIpc) is 2.85. The number of fused-ring (bicyclic) bond motifs is 1. The Morgan fingerprint density at radius 2 is 2.38 bits per heavy atom. The van der Waals surface area contributed by atoms with Crippen LogP contribution in [-0.4, -0.2) is 24.0 Å². The van der Waals surface area contributed by atoms with Crippen LogP contribution in [0.15, 0.2) is 23.6 Å². The van der Waals surface area contributed by atoms with Gasteiger partial charge in [-0.15, -0.1) is 11.3 Å². The summed E-state index contributed by atoms with van der Waals surface area (Å²) in [5, 5.41) is 11.3. The molecule has 3 rings (SSSR count). The molecule has 0 atom stereocenters. The van der Waals surface area contributed by atoms with Crippen LogP contribution < -0.4 is 15.4 Å². The van der Waals surface area contributed by atoms with E-state index in [4.69, 9.17) is 15.7 Å². The summed E-state index contributed by atoms with van der Waals surface area (Å²) in [6.45, 7) is 0.314. The van der Waals surface area contributed by atoms with Gasteiger partial charge in [-0.2, -0.15) is 5.26 Å². The van der Waals surface area contributed by atoms with Gasteiger partial charge >= 0.3 is 0 Å². The van der Waals surface area contributed by atoms with Crippen molar-refractivity contribution in [2.45, 2.75) is 6.42 Å². The maximum absolute atomic E-state index is 12.1. The van der Waals surface area contributed by atoms with E-state index >= 15 is 0 Å². The van der Waals surface area contributed by atoms with Gasteiger partial charge in [-0.25, -0.2) is 4.98 Å². The van der Waals surface area contributed by atoms with Crippen LogP contribution in [0.5, 0.6) is 5.75 Å². The number of rotatable bonds is 2. The Morgan fingerprint density at radius 1 is 1.52 bits per heavy atom. The quantitative estimate of drug-likeness (QED) is 0.857. The number of nitrogens with zero attached hydrogens (tertiary/aromatic N) is 3. The maximum atomic E-state index is 12.1. The molecule has 0 unspecified atom stereocenters. The summed E-state index contributed by atoms with van der Waals surface area (Å²) in [6.07, 6.45) is 0.259. The van der Waals surface area contributed by atoms with Crippen molar-refractivity contribution >= 4 is 28.1 Å². The minimum Gasteiger partial charge on any atom is -0.491 e. The first-order valence-corrected chi connectivity index (χ1v) is 7.22. The second kappa shape index (κ2) is 5.42. The lowest BCUT2D eigenvalue weighted by Crippen LogP contribution is -2.30. The molecule has 7 heteroatoms. The molecule has 0 fully saturated rings. The lowest BCUT2D eigenvalue weighted by Gasteiger charge is -2.19. The van der Waals surface area contributed by atoms with Crippen LogP contribution >= 0.6 is 11.3 Å². The number of ether oxygens (including phenoxy) is 1. The number of hydrogen-bond donors (Lipinski definition) is 1. The number of hydrogen-bond acceptors (Lipinski definition) is 6. The molecule has 0 aliphatic carbocycles. The normalized spacial score (nSPS) is 14.0. The standard InChI is InChI=1S/C14H12N4O2S/c15-4-5-18-11-7-9(10-8-21-14(16)17-10)1-2-12(11)20-6-3-13(18)19/h1-2,7-8H,3,5-6H2,(H2,16,17). The van der Waals surface area contributed by atoms with Crippen LogP contribution in [0, 0.1) is 11.3 Å². The van der Waals surface area contributed by atoms with Crippen LogP contribution in [0.4, 0.5) is 10.8 Å². The molecular weight excluding hydrogens is 288 g/mol. The van der Waals surface area contributed by atoms with Crippen LogP contribution in [0.2, 0.25) is 0 Å². The highest BCUT2D eigenvalue weighted by molar-refractivity contribution is 7.13. The third kappa shape index (κ3) is 2.53. The summed E-state index contributed by atoms with van der Waals surface area (Å²) in [6, 6.07) is 7.49. The number of carbonyl (C=O) groups excluding carboxylic acids is 1. The van der Waals surface area contributed by atoms with E-state index in [1.165, 1.54) is 16.2 Å². The highest BCUT2D eigenvalue weighted by Crippen LogP contribution is 2.35. The van der Waals surface area contributed by atoms with Gasteiger partial charge < -0.3 is 10.5 Å². The topological polar surface area (TPSA) is 92.2 Å². The third-order valence-corrected chi connectivity index (χ3v) is 3.84. The number of aromatic nitrogens is 1. The van der Waals surface area contributed by atoms with Gasteiger partial charge in [0.1, 0.15) is 12.3 Å². The molecule has 6 nitrogen and oxygen atoms in total. The minimum absolute atomic E-state index is 0.00213. The predicted molar refractivity (Wildman–Crippen MR) is 80.0 cm³/mol. The van der Waals surface area contributed by atoms with Gasteiger partial charge in [0.25, 0.3) is 0 Å². The highest BCUT2D eigenvalue weighted by atomic mass is 32.1. The van der Waals surface area contributed by atoms with Crippen molar-refractivity contribution in [3.05, 3.63) is 23.6 Å². The molecule has 0 bridgehead atoms. The minimum atomic E-state index is -0.120. The molecule has 0 spiro atoms. The molecule has 1 aromatic heterocycles. The van der Waals surface area contributed by atoms with Crippen LogP contribution in [-0.2, 0) is 4.79 Å². The first-order chi connectivity index (χ1) is 10.2. The monoisotopic (exact) mass is 300 g/mol. The van der Waals surface area contributed by atoms with Gasteiger partial charge in [0, 0.05) is 10.9 Å². The lowest BCUT2D eigenvalue weighted by molar-refractivity contribution is -0.118. The van der Waals surface area contributed by atoms with E-state index in [1.807, 2.05) is 23.6 Å². The van der Waals surface area contributed by atoms with Gasteiger partial charge in [0.2, 0.25) is 5.91 Å². The van der Waals surface area contributed by atoms with E-state index < -0.39 is 0 Å². The maximum Gasteiger partial charge on any atom is 0.231 e. The first-order valence-electron chi connectivity index (χ1n) is 6.34. The van der Waals surface area contributed by atoms with Crippen molar-refractivity contribution in [1.82, 2.24) is 4.98 Å². The molecule has 0 saturated heterocycles. The summed E-state index contributed by atoms with van der Waals surface area (Å²) in [5.74, 6) is 0.480. The zero-order valence-corrected chi connectivity index (χ0v) is 11.9. The number of nitriles is 1. The van der Waals surface area contributed by atoms with Gasteiger partial charge in [0.15, 0.2) is 5.13 Å². The van der Waals surface area contributed by atoms with E-state index in [0.717, 1.165) is 11.3 Å². The lowest BCUT2D eigenvalue weighted by atomic mass is 10.1. The number of benzene rings is 1. The van der Waals surface area contributed by atoms with Gasteiger partial charge in [-0.1, -0.05) is 0 Å². The van der Waals surface area contributed by atoms with Gasteiger partial charge in [0.05, 0.1) is 30.5 Å². The second-order valence-corrected chi connectivity index (χ2v) is 5.38. The van der Waals surface area contributed by atoms with Gasteiger partial charge in [-0.05, 0) is 18.2 Å². The predicted octanol–water partition coefficient (Wildman–Crippen LogP) is 2.03. The smallest absolute Gasteiger partial charge is 0.231 e. The van der Waals surface area contributed by atoms with Crippen molar-refractivity contribution in [2.24, 2.45) is 0 Å². The number of nitrogen functional groups attached to an aromatic ring is 1. The van der Waals surface area contributed by atoms with E-state index in [1.54, 1.807) is 6.07 Å². The first kappa shape index (κ1) is 13.4. The molecule has 2 N–H and O–H groups in total. The summed E-state index contributed by atoms with van der Waals surface area (Å²) in [7, 11) is 0. The fourth-order valence-corrected chi connectivity index (χ4v) is 2.76. The summed E-state index contributed by atoms with van der Waals surface area (Å²) in [4.78, 5) is 17.8. The number of amides is 1. The Bertz CT molecular complexity index is 735. The van der Waals surface area contributed by atoms with Crippen molar-refractivity contribution in [1.29, 1.82) is 5.26 Å². The molecule has 1 aliphatic rings. The van der Waals surface area contributed by atoms with E-state index in [9.17, 15) is 4.79 Å². The average molecular weight is 300 g/mol. The molecule has 1 aliphatic heterocycles. The van der Waals surface area contributed by atoms with Crippen LogP contribution in [0.3, 0.4) is 0 Å². The molecule has 21 heavy (non-hydrogen) atoms. The third-order valence-electron chi connectivity index (χ3n) is 3.17. The summed E-state index contributed by atoms with van der Waals surface area (Å²) >= 11 is 1.35. The fraction of sp³-hybridized carbons (Fsp3) is 0.214. The van der Waals surface area contributed by atoms with Gasteiger partial charge in [-0.3, -0.25) is 9.69 Å². The Balaban J connectivity index is 2.08. The Hall–Kier alpha value is -2.59. The van der Waals surface area contributed by atoms with Crippen molar-refractivity contribution in [3.63, 3.8) is 0 Å². The molecule has 106 valence electrons. The second-order valence-electron chi connectivity index (χ2n) is 4.49. The molecule has 2 heterocycles. The molecule has 1 amide bonds. The molecule has 0 saturated carbocycles. The number of anilines is 2. The zero-order chi connectivity index (χ0) is 14.8. The molecule has 0 radical (unpaired) electrons. The van der Waals surface area contributed by atoms with E-state index in [2.05, 4.69) is 4.98 Å². The fourth-order valence-electron chi connectivity index (χ4n) is 2.19. The van der Waals surface area contributed by atoms with Crippen molar-refractivity contribution < 1.29 is 9.53 Å². The number of carbonyl (C=O) groups is 1. The molecular formula is C14H12N4O2S. The summed E-state index contributed by atoms with van der Waals surface area (Å²) in [5.41, 5.74) is 7.83. The van der Waals surface area contributed by atoms with E-state index in [0.29, 0.717) is 23.2 Å². The number of thiazole rings is 1. The number of nitrogens with two attached hydrogens (primary N) is 1. The van der Waals surface area contributed by atoms with Crippen LogP contribution in [0.25, 0.3) is 11.3 Å². The Labute approximate surface area is 125 Å². The largest absolute Gasteiger partial charge is 0.491 e. The van der Waals surface area contributed by atoms with Crippen molar-refractivity contribution in [3.8, 4) is 23.1 Å². The SMILES string of the molecule is N#CCN1C(=O)CCOc2ccc(-c3csc(N)n3)cc21. The van der Waals surface area contributed by atoms with E-state index in [-0.39, 0.29) is 18.9 Å². The Kier molecular flexibility index (Phi) is 3.46. The molecule has 1 aromatic carbocycles. The Morgan fingerprint density at radius 3 is 3.10 bits per heavy atom. The summed E-state index contributed by atoms with van der Waals surface area (Å²) < 4.78 is 5.58.